The van der Waals surface area contributed by atoms with Gasteiger partial charge >= 0.3 is 0 Å². The highest BCUT2D eigenvalue weighted by Crippen LogP contribution is 2.27. The minimum atomic E-state index is -0.364. The zero-order valence-corrected chi connectivity index (χ0v) is 16.7. The molecule has 0 aliphatic carbocycles. The average molecular weight is 382 g/mol. The Morgan fingerprint density at radius 1 is 1.07 bits per heavy atom. The molecule has 0 saturated heterocycles. The van der Waals surface area contributed by atoms with Gasteiger partial charge in [0.1, 0.15) is 0 Å². The molecule has 0 atom stereocenters. The van der Waals surface area contributed by atoms with Crippen LogP contribution in [0, 0.1) is 10.1 Å². The molecule has 5 nitrogen and oxygen atoms in total. The first kappa shape index (κ1) is 19.0. The van der Waals surface area contributed by atoms with E-state index in [-0.39, 0.29) is 16.7 Å². The highest BCUT2D eigenvalue weighted by molar-refractivity contribution is 7.07. The van der Waals surface area contributed by atoms with E-state index in [9.17, 15) is 10.1 Å². The summed E-state index contributed by atoms with van der Waals surface area (Å²) in [6.07, 6.45) is 0. The van der Waals surface area contributed by atoms with Crippen molar-refractivity contribution in [3.63, 3.8) is 0 Å². The molecule has 140 valence electrons. The van der Waals surface area contributed by atoms with E-state index in [4.69, 9.17) is 4.99 Å². The van der Waals surface area contributed by atoms with Crippen LogP contribution in [0.4, 0.5) is 11.4 Å². The second-order valence-corrected chi connectivity index (χ2v) is 7.87. The van der Waals surface area contributed by atoms with Crippen LogP contribution in [-0.4, -0.2) is 9.49 Å². The van der Waals surface area contributed by atoms with Crippen molar-refractivity contribution < 1.29 is 4.92 Å². The van der Waals surface area contributed by atoms with Crippen molar-refractivity contribution in [1.82, 2.24) is 4.57 Å². The Kier molecular flexibility index (Phi) is 5.56. The SMILES string of the molecule is CC(C)c1ccc(N=c2scc(-c3cccc([N+](=O)[O-])c3)n2C(C)C)cc1. The number of non-ortho nitro benzene ring substituents is 1. The fourth-order valence-electron chi connectivity index (χ4n) is 2.93. The third-order valence-electron chi connectivity index (χ3n) is 4.40. The minimum Gasteiger partial charge on any atom is -0.314 e. The van der Waals surface area contributed by atoms with Crippen molar-refractivity contribution in [2.24, 2.45) is 4.99 Å². The smallest absolute Gasteiger partial charge is 0.270 e. The maximum Gasteiger partial charge on any atom is 0.270 e. The fourth-order valence-corrected chi connectivity index (χ4v) is 3.98. The molecular formula is C21H23N3O2S. The van der Waals surface area contributed by atoms with Gasteiger partial charge < -0.3 is 4.57 Å². The number of benzene rings is 2. The maximum atomic E-state index is 11.1. The minimum absolute atomic E-state index is 0.0942. The van der Waals surface area contributed by atoms with Crippen LogP contribution >= 0.6 is 11.3 Å². The van der Waals surface area contributed by atoms with Gasteiger partial charge in [-0.2, -0.15) is 0 Å². The number of nitro benzene ring substituents is 1. The molecular weight excluding hydrogens is 358 g/mol. The molecule has 3 rings (SSSR count). The second kappa shape index (κ2) is 7.88. The quantitative estimate of drug-likeness (QED) is 0.398. The molecule has 0 N–H and O–H groups in total. The van der Waals surface area contributed by atoms with Gasteiger partial charge in [0.2, 0.25) is 0 Å². The first-order chi connectivity index (χ1) is 12.9. The number of aromatic nitrogens is 1. The summed E-state index contributed by atoms with van der Waals surface area (Å²) in [5, 5.41) is 13.1. The molecule has 0 aliphatic rings. The lowest BCUT2D eigenvalue weighted by Crippen LogP contribution is -2.17. The highest BCUT2D eigenvalue weighted by Gasteiger charge is 2.14. The first-order valence-corrected chi connectivity index (χ1v) is 9.84. The van der Waals surface area contributed by atoms with Gasteiger partial charge in [-0.1, -0.05) is 38.1 Å². The predicted octanol–water partition coefficient (Wildman–Crippen LogP) is 6.06. The third kappa shape index (κ3) is 4.17. The highest BCUT2D eigenvalue weighted by atomic mass is 32.1. The number of rotatable bonds is 5. The monoisotopic (exact) mass is 381 g/mol. The Balaban J connectivity index is 2.08. The van der Waals surface area contributed by atoms with Crippen LogP contribution in [0.25, 0.3) is 11.3 Å². The molecule has 0 radical (unpaired) electrons. The molecule has 0 fully saturated rings. The molecule has 6 heteroatoms. The van der Waals surface area contributed by atoms with Crippen molar-refractivity contribution in [3.05, 3.63) is 74.4 Å². The lowest BCUT2D eigenvalue weighted by molar-refractivity contribution is -0.384. The van der Waals surface area contributed by atoms with Crippen LogP contribution in [-0.2, 0) is 0 Å². The molecule has 0 bridgehead atoms. The molecule has 0 saturated carbocycles. The fraction of sp³-hybridized carbons (Fsp3) is 0.286. The van der Waals surface area contributed by atoms with E-state index in [1.807, 2.05) is 23.6 Å². The molecule has 2 aromatic carbocycles. The summed E-state index contributed by atoms with van der Waals surface area (Å²) >= 11 is 1.55. The van der Waals surface area contributed by atoms with Crippen LogP contribution in [0.5, 0.6) is 0 Å². The van der Waals surface area contributed by atoms with Crippen molar-refractivity contribution in [2.45, 2.75) is 39.7 Å². The van der Waals surface area contributed by atoms with Gasteiger partial charge in [-0.15, -0.1) is 11.3 Å². The maximum absolute atomic E-state index is 11.1. The van der Waals surface area contributed by atoms with Gasteiger partial charge in [-0.3, -0.25) is 10.1 Å². The molecule has 0 spiro atoms. The van der Waals surface area contributed by atoms with E-state index in [2.05, 4.69) is 44.4 Å². The zero-order chi connectivity index (χ0) is 19.6. The molecule has 1 heterocycles. The molecule has 0 amide bonds. The number of hydrogen-bond acceptors (Lipinski definition) is 4. The van der Waals surface area contributed by atoms with Gasteiger partial charge in [0.25, 0.3) is 5.69 Å². The molecule has 27 heavy (non-hydrogen) atoms. The average Bonchev–Trinajstić information content (AvgIpc) is 3.06. The standard InChI is InChI=1S/C21H23N3O2S/c1-14(2)16-8-10-18(11-9-16)22-21-23(15(3)4)20(13-27-21)17-6-5-7-19(12-17)24(25)26/h5-15H,1-4H3. The van der Waals surface area contributed by atoms with E-state index in [1.165, 1.54) is 11.6 Å². The van der Waals surface area contributed by atoms with E-state index in [1.54, 1.807) is 23.5 Å². The van der Waals surface area contributed by atoms with Gasteiger partial charge in [0.05, 0.1) is 16.3 Å². The van der Waals surface area contributed by atoms with Crippen molar-refractivity contribution in [1.29, 1.82) is 0 Å². The summed E-state index contributed by atoms with van der Waals surface area (Å²) < 4.78 is 2.13. The van der Waals surface area contributed by atoms with Gasteiger partial charge in [-0.05, 0) is 37.5 Å². The Morgan fingerprint density at radius 3 is 2.37 bits per heavy atom. The lowest BCUT2D eigenvalue weighted by Gasteiger charge is -2.13. The zero-order valence-electron chi connectivity index (χ0n) is 15.9. The first-order valence-electron chi connectivity index (χ1n) is 8.96. The Hall–Kier alpha value is -2.73. The van der Waals surface area contributed by atoms with Gasteiger partial charge in [0, 0.05) is 29.1 Å². The number of thiazole rings is 1. The summed E-state index contributed by atoms with van der Waals surface area (Å²) in [6.45, 7) is 8.52. The number of nitro groups is 1. The van der Waals surface area contributed by atoms with Crippen molar-refractivity contribution in [3.8, 4) is 11.3 Å². The van der Waals surface area contributed by atoms with Crippen LogP contribution < -0.4 is 4.80 Å². The van der Waals surface area contributed by atoms with Crippen molar-refractivity contribution >= 4 is 22.7 Å². The van der Waals surface area contributed by atoms with E-state index in [0.717, 1.165) is 21.7 Å². The molecule has 0 unspecified atom stereocenters. The van der Waals surface area contributed by atoms with E-state index in [0.29, 0.717) is 5.92 Å². The number of nitrogens with zero attached hydrogens (tertiary/aromatic N) is 3. The van der Waals surface area contributed by atoms with E-state index < -0.39 is 0 Å². The Bertz CT molecular complexity index is 1010. The normalized spacial score (nSPS) is 12.1. The summed E-state index contributed by atoms with van der Waals surface area (Å²) in [5.74, 6) is 0.488. The van der Waals surface area contributed by atoms with Crippen molar-refractivity contribution in [2.75, 3.05) is 0 Å². The summed E-state index contributed by atoms with van der Waals surface area (Å²) in [4.78, 5) is 16.4. The van der Waals surface area contributed by atoms with Crippen LogP contribution in [0.15, 0.2) is 58.9 Å². The Labute approximate surface area is 162 Å². The third-order valence-corrected chi connectivity index (χ3v) is 5.24. The molecule has 3 aromatic rings. The molecule has 0 aliphatic heterocycles. The van der Waals surface area contributed by atoms with Crippen LogP contribution in [0.2, 0.25) is 0 Å². The van der Waals surface area contributed by atoms with Gasteiger partial charge in [-0.25, -0.2) is 4.99 Å². The Morgan fingerprint density at radius 2 is 1.78 bits per heavy atom. The van der Waals surface area contributed by atoms with E-state index >= 15 is 0 Å². The van der Waals surface area contributed by atoms with Gasteiger partial charge in [0.15, 0.2) is 4.80 Å². The number of hydrogen-bond donors (Lipinski definition) is 0. The summed E-state index contributed by atoms with van der Waals surface area (Å²) in [5.41, 5.74) is 4.05. The van der Waals surface area contributed by atoms with Crippen LogP contribution in [0.3, 0.4) is 0 Å². The topological polar surface area (TPSA) is 60.4 Å². The largest absolute Gasteiger partial charge is 0.314 e. The summed E-state index contributed by atoms with van der Waals surface area (Å²) in [6, 6.07) is 15.2. The predicted molar refractivity (Wildman–Crippen MR) is 111 cm³/mol. The van der Waals surface area contributed by atoms with Crippen LogP contribution in [0.1, 0.15) is 45.2 Å². The lowest BCUT2D eigenvalue weighted by atomic mass is 10.0. The summed E-state index contributed by atoms with van der Waals surface area (Å²) in [7, 11) is 0. The second-order valence-electron chi connectivity index (χ2n) is 7.03. The molecule has 1 aromatic heterocycles.